The van der Waals surface area contributed by atoms with Crippen molar-refractivity contribution in [2.45, 2.75) is 36.0 Å². The van der Waals surface area contributed by atoms with Gasteiger partial charge in [-0.1, -0.05) is 18.2 Å². The lowest BCUT2D eigenvalue weighted by molar-refractivity contribution is -0.192. The van der Waals surface area contributed by atoms with Crippen molar-refractivity contribution in [3.63, 3.8) is 0 Å². The maximum Gasteiger partial charge on any atom is 0.490 e. The van der Waals surface area contributed by atoms with E-state index in [0.29, 0.717) is 0 Å². The van der Waals surface area contributed by atoms with Crippen molar-refractivity contribution in [1.29, 1.82) is 0 Å². The van der Waals surface area contributed by atoms with Crippen LogP contribution >= 0.6 is 0 Å². The van der Waals surface area contributed by atoms with E-state index in [4.69, 9.17) is 21.4 Å². The van der Waals surface area contributed by atoms with Crippen LogP contribution in [-0.2, 0) is 20.8 Å². The summed E-state index contributed by atoms with van der Waals surface area (Å²) in [7, 11) is -3.64. The predicted molar refractivity (Wildman–Crippen MR) is 133 cm³/mol. The van der Waals surface area contributed by atoms with Crippen molar-refractivity contribution in [3.05, 3.63) is 64.7 Å². The Labute approximate surface area is 229 Å². The molecule has 0 aromatic heterocycles. The Bertz CT molecular complexity index is 1450. The van der Waals surface area contributed by atoms with Crippen molar-refractivity contribution in [3.8, 4) is 0 Å². The fourth-order valence-corrected chi connectivity index (χ4v) is 4.88. The molecule has 0 bridgehead atoms. The number of likely N-dealkylation sites (tertiary alicyclic amines) is 1. The molecule has 1 heterocycles. The Morgan fingerprint density at radius 3 is 1.98 bits per heavy atom. The standard InChI is InChI=1S/C22H23F3N4O4S.C2HF3O2/c1-34(32,33)18-5-3-2-4-16(18)20(31)29-10-8-13(9-11-29)15-7-6-14(19(30)28-21(26)27)12-17(15)22(23,24)25;3-2(4,5)1(6)7/h2-7,12-13H,8-11H2,1H3,(H4,26,27,28,30);(H,6,7). The number of halogens is 6. The predicted octanol–water partition coefficient (Wildman–Crippen LogP) is 3.18. The minimum atomic E-state index is -5.08. The molecular formula is C24H24F6N4O6S. The summed E-state index contributed by atoms with van der Waals surface area (Å²) >= 11 is 0. The van der Waals surface area contributed by atoms with E-state index in [-0.39, 0.29) is 47.5 Å². The summed E-state index contributed by atoms with van der Waals surface area (Å²) in [5, 5.41) is 7.12. The van der Waals surface area contributed by atoms with Crippen LogP contribution in [-0.4, -0.2) is 67.7 Å². The van der Waals surface area contributed by atoms with Crippen LogP contribution in [0.5, 0.6) is 0 Å². The van der Waals surface area contributed by atoms with Crippen molar-refractivity contribution < 1.29 is 54.3 Å². The fourth-order valence-electron chi connectivity index (χ4n) is 4.00. The quantitative estimate of drug-likeness (QED) is 0.269. The first-order chi connectivity index (χ1) is 18.7. The van der Waals surface area contributed by atoms with Gasteiger partial charge in [-0.3, -0.25) is 9.59 Å². The Morgan fingerprint density at radius 2 is 1.51 bits per heavy atom. The second-order valence-corrected chi connectivity index (χ2v) is 10.8. The third kappa shape index (κ3) is 8.92. The maximum atomic E-state index is 13.8. The van der Waals surface area contributed by atoms with E-state index in [0.717, 1.165) is 12.3 Å². The fraction of sp³-hybridized carbons (Fsp3) is 0.333. The summed E-state index contributed by atoms with van der Waals surface area (Å²) in [6.45, 7) is 0.293. The van der Waals surface area contributed by atoms with Crippen LogP contribution in [0.3, 0.4) is 0 Å². The van der Waals surface area contributed by atoms with Gasteiger partial charge in [-0.2, -0.15) is 31.3 Å². The lowest BCUT2D eigenvalue weighted by Crippen LogP contribution is -2.38. The number of nitrogens with two attached hydrogens (primary N) is 2. The molecule has 1 fully saturated rings. The van der Waals surface area contributed by atoms with E-state index in [1.54, 1.807) is 6.07 Å². The van der Waals surface area contributed by atoms with Crippen molar-refractivity contribution in [2.24, 2.45) is 16.5 Å². The first kappa shape index (κ1) is 33.1. The van der Waals surface area contributed by atoms with E-state index < -0.39 is 57.4 Å². The molecule has 1 aliphatic heterocycles. The largest absolute Gasteiger partial charge is 0.490 e. The Balaban J connectivity index is 0.000000745. The normalized spacial score (nSPS) is 14.5. The molecule has 1 aliphatic rings. The number of carbonyl (C=O) groups is 3. The number of sulfone groups is 1. The van der Waals surface area contributed by atoms with E-state index in [2.05, 4.69) is 4.99 Å². The second kappa shape index (κ2) is 12.6. The Morgan fingerprint density at radius 1 is 0.976 bits per heavy atom. The van der Waals surface area contributed by atoms with Crippen LogP contribution in [0, 0.1) is 0 Å². The van der Waals surface area contributed by atoms with Gasteiger partial charge in [0.25, 0.3) is 11.8 Å². The van der Waals surface area contributed by atoms with Gasteiger partial charge in [0.1, 0.15) is 0 Å². The van der Waals surface area contributed by atoms with E-state index in [9.17, 15) is 44.3 Å². The van der Waals surface area contributed by atoms with Crippen molar-refractivity contribution in [1.82, 2.24) is 4.90 Å². The lowest BCUT2D eigenvalue weighted by Gasteiger charge is -2.33. The molecule has 0 saturated carbocycles. The average Bonchev–Trinajstić information content (AvgIpc) is 2.86. The highest BCUT2D eigenvalue weighted by molar-refractivity contribution is 7.90. The van der Waals surface area contributed by atoms with Crippen LogP contribution in [0.1, 0.15) is 50.6 Å². The summed E-state index contributed by atoms with van der Waals surface area (Å²) in [6, 6.07) is 9.02. The van der Waals surface area contributed by atoms with Crippen LogP contribution in [0.4, 0.5) is 26.3 Å². The number of benzene rings is 2. The zero-order chi connectivity index (χ0) is 31.3. The smallest absolute Gasteiger partial charge is 0.475 e. The zero-order valence-electron chi connectivity index (χ0n) is 21.2. The van der Waals surface area contributed by atoms with Gasteiger partial charge in [0, 0.05) is 24.9 Å². The molecule has 2 aromatic carbocycles. The van der Waals surface area contributed by atoms with Crippen LogP contribution in [0.2, 0.25) is 0 Å². The zero-order valence-corrected chi connectivity index (χ0v) is 22.0. The van der Waals surface area contributed by atoms with Gasteiger partial charge < -0.3 is 21.5 Å². The number of nitrogens with zero attached hydrogens (tertiary/aromatic N) is 2. The lowest BCUT2D eigenvalue weighted by atomic mass is 9.85. The maximum absolute atomic E-state index is 13.8. The summed E-state index contributed by atoms with van der Waals surface area (Å²) in [6.07, 6.45) is -8.33. The molecule has 10 nitrogen and oxygen atoms in total. The summed E-state index contributed by atoms with van der Waals surface area (Å²) in [5.74, 6) is -5.31. The second-order valence-electron chi connectivity index (χ2n) is 8.78. The molecular weight excluding hydrogens is 586 g/mol. The number of rotatable bonds is 4. The molecule has 0 aliphatic carbocycles. The number of amides is 2. The summed E-state index contributed by atoms with van der Waals surface area (Å²) in [4.78, 5) is 38.4. The van der Waals surface area contributed by atoms with E-state index in [1.165, 1.54) is 35.2 Å². The Kier molecular flexibility index (Phi) is 10.1. The van der Waals surface area contributed by atoms with Gasteiger partial charge in [-0.15, -0.1) is 0 Å². The minimum absolute atomic E-state index is 0.0115. The van der Waals surface area contributed by atoms with Gasteiger partial charge in [0.15, 0.2) is 15.8 Å². The SMILES string of the molecule is CS(=O)(=O)c1ccccc1C(=O)N1CCC(c2ccc(C(=O)N=C(N)N)cc2C(F)(F)F)CC1.O=C(O)C(F)(F)F. The topological polar surface area (TPSA) is 173 Å². The number of hydrogen-bond donors (Lipinski definition) is 3. The summed E-state index contributed by atoms with van der Waals surface area (Å²) < 4.78 is 97.1. The molecule has 0 unspecified atom stereocenters. The number of carboxylic acid groups (broad SMARTS) is 1. The first-order valence-corrected chi connectivity index (χ1v) is 13.4. The van der Waals surface area contributed by atoms with Crippen LogP contribution in [0.15, 0.2) is 52.4 Å². The molecule has 1 saturated heterocycles. The number of alkyl halides is 6. The van der Waals surface area contributed by atoms with E-state index >= 15 is 0 Å². The molecule has 3 rings (SSSR count). The van der Waals surface area contributed by atoms with Gasteiger partial charge in [-0.25, -0.2) is 13.2 Å². The van der Waals surface area contributed by atoms with Crippen molar-refractivity contribution >= 4 is 33.6 Å². The number of carboxylic acids is 1. The number of piperidine rings is 1. The number of guanidine groups is 1. The molecule has 2 amide bonds. The number of aliphatic imine (C=N–C) groups is 1. The van der Waals surface area contributed by atoms with Crippen LogP contribution < -0.4 is 11.5 Å². The van der Waals surface area contributed by atoms with Gasteiger partial charge in [0.2, 0.25) is 0 Å². The molecule has 0 spiro atoms. The third-order valence-corrected chi connectivity index (χ3v) is 6.97. The molecule has 2 aromatic rings. The van der Waals surface area contributed by atoms with Crippen molar-refractivity contribution in [2.75, 3.05) is 19.3 Å². The third-order valence-electron chi connectivity index (χ3n) is 5.82. The molecule has 0 radical (unpaired) electrons. The minimum Gasteiger partial charge on any atom is -0.475 e. The highest BCUT2D eigenvalue weighted by Crippen LogP contribution is 2.39. The van der Waals surface area contributed by atoms with E-state index in [1.807, 2.05) is 0 Å². The summed E-state index contributed by atoms with van der Waals surface area (Å²) in [5.41, 5.74) is 9.05. The highest BCUT2D eigenvalue weighted by Gasteiger charge is 2.39. The monoisotopic (exact) mass is 610 g/mol. The molecule has 0 atom stereocenters. The Hall–Kier alpha value is -4.15. The number of aliphatic carboxylic acids is 1. The van der Waals surface area contributed by atoms with Gasteiger partial charge >= 0.3 is 18.3 Å². The molecule has 5 N–H and O–H groups in total. The van der Waals surface area contributed by atoms with Gasteiger partial charge in [0.05, 0.1) is 16.0 Å². The van der Waals surface area contributed by atoms with Gasteiger partial charge in [-0.05, 0) is 48.6 Å². The number of carbonyl (C=O) groups excluding carboxylic acids is 2. The molecule has 224 valence electrons. The number of hydrogen-bond acceptors (Lipinski definition) is 5. The molecule has 41 heavy (non-hydrogen) atoms. The highest BCUT2D eigenvalue weighted by atomic mass is 32.2. The van der Waals surface area contributed by atoms with Crippen LogP contribution in [0.25, 0.3) is 0 Å². The average molecular weight is 611 g/mol. The first-order valence-electron chi connectivity index (χ1n) is 11.5. The molecule has 17 heteroatoms.